The van der Waals surface area contributed by atoms with Gasteiger partial charge in [-0.25, -0.2) is 12.8 Å². The summed E-state index contributed by atoms with van der Waals surface area (Å²) in [6.45, 7) is 0.309. The van der Waals surface area contributed by atoms with Gasteiger partial charge in [-0.05, 0) is 49.2 Å². The molecule has 1 amide bonds. The van der Waals surface area contributed by atoms with Gasteiger partial charge in [-0.1, -0.05) is 25.7 Å². The number of amides is 1. The van der Waals surface area contributed by atoms with Crippen molar-refractivity contribution in [2.75, 3.05) is 24.1 Å². The van der Waals surface area contributed by atoms with Crippen LogP contribution in [0.1, 0.15) is 38.5 Å². The molecule has 1 aliphatic heterocycles. The van der Waals surface area contributed by atoms with E-state index in [4.69, 9.17) is 9.47 Å². The summed E-state index contributed by atoms with van der Waals surface area (Å²) in [6, 6.07) is 9.43. The fourth-order valence-electron chi connectivity index (χ4n) is 4.06. The van der Waals surface area contributed by atoms with E-state index in [1.54, 1.807) is 0 Å². The number of ether oxygens (including phenoxy) is 2. The zero-order valence-electron chi connectivity index (χ0n) is 17.8. The van der Waals surface area contributed by atoms with E-state index in [9.17, 15) is 17.6 Å². The van der Waals surface area contributed by atoms with Gasteiger partial charge in [0.25, 0.3) is 10.0 Å². The second-order valence-electron chi connectivity index (χ2n) is 8.05. The average molecular weight is 463 g/mol. The van der Waals surface area contributed by atoms with E-state index in [1.807, 2.05) is 0 Å². The number of fused-ring (bicyclic) bond motifs is 1. The fraction of sp³-hybridized carbons (Fsp3) is 0.435. The summed E-state index contributed by atoms with van der Waals surface area (Å²) >= 11 is 0. The van der Waals surface area contributed by atoms with Gasteiger partial charge in [0.15, 0.2) is 11.5 Å². The van der Waals surface area contributed by atoms with E-state index in [2.05, 4.69) is 5.32 Å². The Morgan fingerprint density at radius 1 is 0.969 bits per heavy atom. The van der Waals surface area contributed by atoms with E-state index < -0.39 is 22.4 Å². The molecule has 0 saturated heterocycles. The van der Waals surface area contributed by atoms with Crippen LogP contribution in [0.25, 0.3) is 0 Å². The predicted octanol–water partition coefficient (Wildman–Crippen LogP) is 3.63. The first-order valence-electron chi connectivity index (χ1n) is 10.9. The molecule has 2 aromatic rings. The molecule has 7 nitrogen and oxygen atoms in total. The van der Waals surface area contributed by atoms with Gasteiger partial charge in [0.05, 0.1) is 10.6 Å². The summed E-state index contributed by atoms with van der Waals surface area (Å²) < 4.78 is 52.6. The highest BCUT2D eigenvalue weighted by molar-refractivity contribution is 7.92. The predicted molar refractivity (Wildman–Crippen MR) is 118 cm³/mol. The Balaban J connectivity index is 1.61. The zero-order valence-corrected chi connectivity index (χ0v) is 18.6. The van der Waals surface area contributed by atoms with E-state index in [-0.39, 0.29) is 22.5 Å². The molecule has 1 heterocycles. The van der Waals surface area contributed by atoms with Crippen LogP contribution in [-0.2, 0) is 14.8 Å². The molecule has 1 fully saturated rings. The Hall–Kier alpha value is -2.81. The van der Waals surface area contributed by atoms with Crippen LogP contribution < -0.4 is 19.1 Å². The highest BCUT2D eigenvalue weighted by Gasteiger charge is 2.29. The van der Waals surface area contributed by atoms with Gasteiger partial charge in [0, 0.05) is 12.1 Å². The summed E-state index contributed by atoms with van der Waals surface area (Å²) in [4.78, 5) is 12.8. The van der Waals surface area contributed by atoms with E-state index in [1.165, 1.54) is 42.5 Å². The summed E-state index contributed by atoms with van der Waals surface area (Å²) in [6.07, 6.45) is 6.15. The highest BCUT2D eigenvalue weighted by atomic mass is 32.2. The largest absolute Gasteiger partial charge is 0.486 e. The number of carbonyl (C=O) groups is 1. The molecule has 2 aromatic carbocycles. The lowest BCUT2D eigenvalue weighted by atomic mass is 10.1. The lowest BCUT2D eigenvalue weighted by Gasteiger charge is -2.26. The maximum atomic E-state index is 13.5. The molecule has 172 valence electrons. The van der Waals surface area contributed by atoms with Crippen LogP contribution >= 0.6 is 0 Å². The molecular formula is C23H27FN2O5S. The summed E-state index contributed by atoms with van der Waals surface area (Å²) in [5.74, 6) is -0.0791. The van der Waals surface area contributed by atoms with Crippen LogP contribution in [0.2, 0.25) is 0 Å². The number of sulfonamides is 1. The van der Waals surface area contributed by atoms with Gasteiger partial charge >= 0.3 is 0 Å². The lowest BCUT2D eigenvalue weighted by molar-refractivity contribution is -0.120. The van der Waals surface area contributed by atoms with E-state index in [0.717, 1.165) is 42.8 Å². The summed E-state index contributed by atoms with van der Waals surface area (Å²) in [7, 11) is -4.13. The number of carbonyl (C=O) groups excluding carboxylic acids is 1. The first kappa shape index (κ1) is 22.4. The van der Waals surface area contributed by atoms with Crippen LogP contribution in [0.5, 0.6) is 11.5 Å². The van der Waals surface area contributed by atoms with Gasteiger partial charge < -0.3 is 14.8 Å². The standard InChI is InChI=1S/C23H27FN2O5S/c24-17-7-9-19(10-8-17)26(16-23(27)25-18-5-3-1-2-4-6-18)32(28,29)20-11-12-21-22(15-20)31-14-13-30-21/h7-12,15,18H,1-6,13-14,16H2,(H,25,27). The number of benzene rings is 2. The van der Waals surface area contributed by atoms with E-state index in [0.29, 0.717) is 24.7 Å². The number of anilines is 1. The molecule has 1 N–H and O–H groups in total. The van der Waals surface area contributed by atoms with Crippen molar-refractivity contribution >= 4 is 21.6 Å². The van der Waals surface area contributed by atoms with Crippen LogP contribution in [-0.4, -0.2) is 40.1 Å². The van der Waals surface area contributed by atoms with Crippen molar-refractivity contribution in [3.05, 3.63) is 48.3 Å². The molecule has 1 saturated carbocycles. The van der Waals surface area contributed by atoms with Gasteiger partial charge in [-0.3, -0.25) is 9.10 Å². The van der Waals surface area contributed by atoms with Crippen LogP contribution in [0, 0.1) is 5.82 Å². The Morgan fingerprint density at radius 2 is 1.62 bits per heavy atom. The molecule has 1 aliphatic carbocycles. The molecule has 0 bridgehead atoms. The Labute approximate surface area is 187 Å². The number of nitrogens with one attached hydrogen (secondary N) is 1. The molecule has 32 heavy (non-hydrogen) atoms. The lowest BCUT2D eigenvalue weighted by Crippen LogP contribution is -2.44. The van der Waals surface area contributed by atoms with Crippen molar-refractivity contribution in [3.63, 3.8) is 0 Å². The monoisotopic (exact) mass is 462 g/mol. The van der Waals surface area contributed by atoms with Crippen molar-refractivity contribution in [2.24, 2.45) is 0 Å². The third kappa shape index (κ3) is 5.15. The molecule has 9 heteroatoms. The Morgan fingerprint density at radius 3 is 2.31 bits per heavy atom. The van der Waals surface area contributed by atoms with Gasteiger partial charge in [-0.15, -0.1) is 0 Å². The smallest absolute Gasteiger partial charge is 0.264 e. The van der Waals surface area contributed by atoms with Crippen molar-refractivity contribution in [2.45, 2.75) is 49.5 Å². The average Bonchev–Trinajstić information content (AvgIpc) is 3.06. The maximum absolute atomic E-state index is 13.5. The maximum Gasteiger partial charge on any atom is 0.264 e. The van der Waals surface area contributed by atoms with Crippen LogP contribution in [0.4, 0.5) is 10.1 Å². The zero-order chi connectivity index (χ0) is 22.6. The molecule has 2 aliphatic rings. The minimum absolute atomic E-state index is 0.0339. The third-order valence-electron chi connectivity index (χ3n) is 5.72. The van der Waals surface area contributed by atoms with Crippen LogP contribution in [0.3, 0.4) is 0 Å². The van der Waals surface area contributed by atoms with Crippen molar-refractivity contribution in [1.29, 1.82) is 0 Å². The molecule has 0 unspecified atom stereocenters. The molecule has 0 atom stereocenters. The normalized spacial score (nSPS) is 16.8. The second-order valence-corrected chi connectivity index (χ2v) is 9.91. The quantitative estimate of drug-likeness (QED) is 0.663. The molecule has 0 radical (unpaired) electrons. The summed E-state index contributed by atoms with van der Waals surface area (Å²) in [5.41, 5.74) is 0.206. The highest BCUT2D eigenvalue weighted by Crippen LogP contribution is 2.34. The van der Waals surface area contributed by atoms with Gasteiger partial charge in [0.1, 0.15) is 25.6 Å². The summed E-state index contributed by atoms with van der Waals surface area (Å²) in [5, 5.41) is 2.98. The molecular weight excluding hydrogens is 435 g/mol. The SMILES string of the molecule is O=C(CN(c1ccc(F)cc1)S(=O)(=O)c1ccc2c(c1)OCCO2)NC1CCCCCC1. The fourth-order valence-corrected chi connectivity index (χ4v) is 5.50. The minimum Gasteiger partial charge on any atom is -0.486 e. The van der Waals surface area contributed by atoms with Crippen molar-refractivity contribution in [1.82, 2.24) is 5.32 Å². The van der Waals surface area contributed by atoms with Crippen molar-refractivity contribution in [3.8, 4) is 11.5 Å². The number of nitrogens with zero attached hydrogens (tertiary/aromatic N) is 1. The number of rotatable bonds is 6. The number of hydrogen-bond donors (Lipinski definition) is 1. The first-order chi connectivity index (χ1) is 15.4. The Bertz CT molecular complexity index is 1050. The number of hydrogen-bond acceptors (Lipinski definition) is 5. The van der Waals surface area contributed by atoms with Crippen molar-refractivity contribution < 1.29 is 27.1 Å². The minimum atomic E-state index is -4.13. The third-order valence-corrected chi connectivity index (χ3v) is 7.49. The van der Waals surface area contributed by atoms with Gasteiger partial charge in [0.2, 0.25) is 5.91 Å². The molecule has 0 spiro atoms. The topological polar surface area (TPSA) is 84.9 Å². The molecule has 0 aromatic heterocycles. The number of halogens is 1. The second kappa shape index (κ2) is 9.77. The Kier molecular flexibility index (Phi) is 6.83. The first-order valence-corrected chi connectivity index (χ1v) is 12.3. The van der Waals surface area contributed by atoms with E-state index >= 15 is 0 Å². The molecule has 4 rings (SSSR count). The van der Waals surface area contributed by atoms with Crippen LogP contribution in [0.15, 0.2) is 47.4 Å². The van der Waals surface area contributed by atoms with Gasteiger partial charge in [-0.2, -0.15) is 0 Å².